The normalized spacial score (nSPS) is 19.5. The van der Waals surface area contributed by atoms with Gasteiger partial charge in [-0.1, -0.05) is 45.2 Å². The quantitative estimate of drug-likeness (QED) is 0.436. The molecule has 0 saturated carbocycles. The van der Waals surface area contributed by atoms with Crippen molar-refractivity contribution in [2.75, 3.05) is 5.75 Å². The first-order chi connectivity index (χ1) is 13.0. The molecule has 1 aromatic carbocycles. The molecule has 1 saturated heterocycles. The van der Waals surface area contributed by atoms with Gasteiger partial charge in [0.2, 0.25) is 0 Å². The fourth-order valence-corrected chi connectivity index (χ4v) is 4.85. The van der Waals surface area contributed by atoms with Gasteiger partial charge in [0, 0.05) is 11.3 Å². The van der Waals surface area contributed by atoms with Crippen molar-refractivity contribution in [1.29, 1.82) is 0 Å². The number of hydrogen-bond donors (Lipinski definition) is 0. The molecule has 1 amide bonds. The summed E-state index contributed by atoms with van der Waals surface area (Å²) in [5, 5.41) is 0.0384. The minimum absolute atomic E-state index is 0.0384. The van der Waals surface area contributed by atoms with Gasteiger partial charge in [-0.15, -0.1) is 11.8 Å². The molecule has 2 rings (SSSR count). The lowest BCUT2D eigenvalue weighted by atomic mass is 10.0. The number of aryl methyl sites for hydroxylation is 1. The molecule has 1 aromatic rings. The Kier molecular flexibility index (Phi) is 8.68. The maximum atomic E-state index is 13.2. The summed E-state index contributed by atoms with van der Waals surface area (Å²) in [7, 11) is 0. The molecule has 1 heterocycles. The molecule has 1 aliphatic heterocycles. The summed E-state index contributed by atoms with van der Waals surface area (Å²) in [5.41, 5.74) is 1.91. The van der Waals surface area contributed by atoms with Crippen LogP contribution in [0.25, 0.3) is 0 Å². The number of rotatable bonds is 9. The topological polar surface area (TPSA) is 46.6 Å². The zero-order chi connectivity index (χ0) is 19.8. The van der Waals surface area contributed by atoms with Crippen LogP contribution >= 0.6 is 11.8 Å². The Morgan fingerprint density at radius 1 is 1.15 bits per heavy atom. The lowest BCUT2D eigenvalue weighted by Crippen LogP contribution is -2.46. The van der Waals surface area contributed by atoms with Crippen LogP contribution in [0.15, 0.2) is 24.3 Å². The van der Waals surface area contributed by atoms with Crippen LogP contribution in [0.2, 0.25) is 0 Å². The van der Waals surface area contributed by atoms with Crippen molar-refractivity contribution >= 4 is 23.6 Å². The first kappa shape index (κ1) is 21.8. The highest BCUT2D eigenvalue weighted by atomic mass is 32.2. The van der Waals surface area contributed by atoms with Crippen molar-refractivity contribution in [2.24, 2.45) is 0 Å². The van der Waals surface area contributed by atoms with Crippen LogP contribution in [0.4, 0.5) is 0 Å². The van der Waals surface area contributed by atoms with E-state index in [-0.39, 0.29) is 23.4 Å². The van der Waals surface area contributed by atoms with E-state index in [1.807, 2.05) is 38.1 Å². The minimum atomic E-state index is -0.495. The zero-order valence-electron chi connectivity index (χ0n) is 17.1. The lowest BCUT2D eigenvalue weighted by Gasteiger charge is -2.28. The molecule has 0 unspecified atom stereocenters. The van der Waals surface area contributed by atoms with Gasteiger partial charge in [0.25, 0.3) is 5.91 Å². The van der Waals surface area contributed by atoms with E-state index >= 15 is 0 Å². The van der Waals surface area contributed by atoms with E-state index < -0.39 is 6.04 Å². The first-order valence-corrected chi connectivity index (χ1v) is 11.3. The summed E-state index contributed by atoms with van der Waals surface area (Å²) in [4.78, 5) is 27.5. The number of nitrogens with zero attached hydrogens (tertiary/aromatic N) is 1. The molecular formula is C22H33NO3S. The first-order valence-electron chi connectivity index (χ1n) is 10.2. The standard InChI is InChI=1S/C22H33NO3S/c1-5-7-8-10-17-11-13-18(14-12-17)21(24)23-19(22(25)26-16(3)4)15-27-20(23)9-6-2/h11-14,16,19-20H,5-10,15H2,1-4H3/t19-,20+/m0/s1. The van der Waals surface area contributed by atoms with Gasteiger partial charge < -0.3 is 9.64 Å². The van der Waals surface area contributed by atoms with Crippen molar-refractivity contribution in [2.45, 2.75) is 83.7 Å². The predicted octanol–water partition coefficient (Wildman–Crippen LogP) is 5.05. The van der Waals surface area contributed by atoms with Crippen LogP contribution in [-0.4, -0.2) is 40.0 Å². The van der Waals surface area contributed by atoms with Crippen molar-refractivity contribution in [3.8, 4) is 0 Å². The number of amides is 1. The minimum Gasteiger partial charge on any atom is -0.461 e. The van der Waals surface area contributed by atoms with E-state index in [1.54, 1.807) is 16.7 Å². The Balaban J connectivity index is 2.14. The summed E-state index contributed by atoms with van der Waals surface area (Å²) in [5.74, 6) is 0.252. The van der Waals surface area contributed by atoms with Crippen LogP contribution < -0.4 is 0 Å². The summed E-state index contributed by atoms with van der Waals surface area (Å²) < 4.78 is 5.40. The zero-order valence-corrected chi connectivity index (χ0v) is 17.9. The maximum absolute atomic E-state index is 13.2. The molecule has 4 nitrogen and oxygen atoms in total. The highest BCUT2D eigenvalue weighted by Crippen LogP contribution is 2.34. The average Bonchev–Trinajstić information content (AvgIpc) is 3.05. The Hall–Kier alpha value is -1.49. The molecule has 0 spiro atoms. The smallest absolute Gasteiger partial charge is 0.330 e. The van der Waals surface area contributed by atoms with E-state index in [4.69, 9.17) is 4.74 Å². The van der Waals surface area contributed by atoms with Gasteiger partial charge in [-0.05, 0) is 50.8 Å². The van der Waals surface area contributed by atoms with Crippen molar-refractivity contribution in [3.63, 3.8) is 0 Å². The van der Waals surface area contributed by atoms with Crippen LogP contribution in [0.1, 0.15) is 75.7 Å². The highest BCUT2D eigenvalue weighted by molar-refractivity contribution is 8.00. The van der Waals surface area contributed by atoms with Gasteiger partial charge in [-0.2, -0.15) is 0 Å². The number of unbranched alkanes of at least 4 members (excludes halogenated alkanes) is 2. The summed E-state index contributed by atoms with van der Waals surface area (Å²) in [6.45, 7) is 7.98. The summed E-state index contributed by atoms with van der Waals surface area (Å²) >= 11 is 1.68. The van der Waals surface area contributed by atoms with Crippen LogP contribution in [-0.2, 0) is 16.0 Å². The number of carbonyl (C=O) groups excluding carboxylic acids is 2. The molecule has 0 aliphatic carbocycles. The van der Waals surface area contributed by atoms with Gasteiger partial charge in [-0.3, -0.25) is 4.79 Å². The fourth-order valence-electron chi connectivity index (χ4n) is 3.34. The predicted molar refractivity (Wildman–Crippen MR) is 112 cm³/mol. The number of thioether (sulfide) groups is 1. The summed E-state index contributed by atoms with van der Waals surface area (Å²) in [6.07, 6.45) is 6.34. The second-order valence-corrected chi connectivity index (χ2v) is 8.66. The van der Waals surface area contributed by atoms with Crippen LogP contribution in [0.3, 0.4) is 0 Å². The molecule has 0 bridgehead atoms. The van der Waals surface area contributed by atoms with Crippen LogP contribution in [0, 0.1) is 0 Å². The third-order valence-corrected chi connectivity index (χ3v) is 6.11. The van der Waals surface area contributed by atoms with Crippen LogP contribution in [0.5, 0.6) is 0 Å². The molecule has 150 valence electrons. The van der Waals surface area contributed by atoms with Gasteiger partial charge in [0.05, 0.1) is 11.5 Å². The number of ether oxygens (including phenoxy) is 1. The molecule has 1 aliphatic rings. The fraction of sp³-hybridized carbons (Fsp3) is 0.636. The number of carbonyl (C=O) groups is 2. The SMILES string of the molecule is CCCCCc1ccc(C(=O)N2[C@@H](CCC)SC[C@H]2C(=O)OC(C)C)cc1. The Morgan fingerprint density at radius 3 is 2.44 bits per heavy atom. The van der Waals surface area contributed by atoms with Gasteiger partial charge in [0.15, 0.2) is 0 Å². The Labute approximate surface area is 168 Å². The Morgan fingerprint density at radius 2 is 1.85 bits per heavy atom. The van der Waals surface area contributed by atoms with E-state index in [0.29, 0.717) is 11.3 Å². The lowest BCUT2D eigenvalue weighted by molar-refractivity contribution is -0.151. The van der Waals surface area contributed by atoms with Crippen molar-refractivity contribution in [1.82, 2.24) is 4.90 Å². The van der Waals surface area contributed by atoms with Gasteiger partial charge in [0.1, 0.15) is 6.04 Å². The van der Waals surface area contributed by atoms with E-state index in [9.17, 15) is 9.59 Å². The van der Waals surface area contributed by atoms with Gasteiger partial charge in [-0.25, -0.2) is 4.79 Å². The number of esters is 1. The monoisotopic (exact) mass is 391 g/mol. The molecule has 0 aromatic heterocycles. The molecular weight excluding hydrogens is 358 g/mol. The highest BCUT2D eigenvalue weighted by Gasteiger charge is 2.42. The number of benzene rings is 1. The molecule has 27 heavy (non-hydrogen) atoms. The molecule has 5 heteroatoms. The average molecular weight is 392 g/mol. The second-order valence-electron chi connectivity index (χ2n) is 7.44. The molecule has 1 fully saturated rings. The van der Waals surface area contributed by atoms with Crippen molar-refractivity contribution < 1.29 is 14.3 Å². The molecule has 0 radical (unpaired) electrons. The van der Waals surface area contributed by atoms with Gasteiger partial charge >= 0.3 is 5.97 Å². The third kappa shape index (κ3) is 6.00. The molecule has 2 atom stereocenters. The van der Waals surface area contributed by atoms with E-state index in [0.717, 1.165) is 19.3 Å². The third-order valence-electron chi connectivity index (χ3n) is 4.76. The second kappa shape index (κ2) is 10.7. The molecule has 0 N–H and O–H groups in total. The maximum Gasteiger partial charge on any atom is 0.330 e. The number of hydrogen-bond acceptors (Lipinski definition) is 4. The summed E-state index contributed by atoms with van der Waals surface area (Å²) in [6, 6.07) is 7.40. The van der Waals surface area contributed by atoms with E-state index in [2.05, 4.69) is 13.8 Å². The Bertz CT molecular complexity index is 614. The van der Waals surface area contributed by atoms with Crippen molar-refractivity contribution in [3.05, 3.63) is 35.4 Å². The van der Waals surface area contributed by atoms with E-state index in [1.165, 1.54) is 24.8 Å². The largest absolute Gasteiger partial charge is 0.461 e.